The van der Waals surface area contributed by atoms with Crippen molar-refractivity contribution >= 4 is 5.69 Å². The third-order valence-corrected chi connectivity index (χ3v) is 4.42. The van der Waals surface area contributed by atoms with Crippen LogP contribution in [-0.4, -0.2) is 13.6 Å². The van der Waals surface area contributed by atoms with Gasteiger partial charge in [0, 0.05) is 19.5 Å². The van der Waals surface area contributed by atoms with Crippen LogP contribution in [0.4, 0.5) is 5.69 Å². The molecule has 0 bridgehead atoms. The summed E-state index contributed by atoms with van der Waals surface area (Å²) < 4.78 is 0. The van der Waals surface area contributed by atoms with Gasteiger partial charge < -0.3 is 4.90 Å². The second-order valence-electron chi connectivity index (χ2n) is 5.80. The highest BCUT2D eigenvalue weighted by Gasteiger charge is 2.21. The van der Waals surface area contributed by atoms with Gasteiger partial charge in [-0.2, -0.15) is 5.26 Å². The van der Waals surface area contributed by atoms with E-state index < -0.39 is 0 Å². The first-order valence-corrected chi connectivity index (χ1v) is 7.57. The lowest BCUT2D eigenvalue weighted by Crippen LogP contribution is -2.27. The summed E-state index contributed by atoms with van der Waals surface area (Å²) in [6.45, 7) is 0.968. The highest BCUT2D eigenvalue weighted by molar-refractivity contribution is 5.59. The molecule has 0 saturated heterocycles. The summed E-state index contributed by atoms with van der Waals surface area (Å²) in [6.07, 6.45) is 3.69. The zero-order chi connectivity index (χ0) is 14.7. The van der Waals surface area contributed by atoms with Gasteiger partial charge in [0.1, 0.15) is 6.07 Å². The van der Waals surface area contributed by atoms with Crippen LogP contribution >= 0.6 is 0 Å². The van der Waals surface area contributed by atoms with Crippen LogP contribution in [0.25, 0.3) is 0 Å². The van der Waals surface area contributed by atoms with Crippen molar-refractivity contribution in [2.45, 2.75) is 25.2 Å². The molecule has 0 radical (unpaired) electrons. The number of anilines is 1. The SMILES string of the molecule is CN(CC1CCCc2ccccc21)c1ccccc1C#N. The summed E-state index contributed by atoms with van der Waals surface area (Å²) in [6, 6.07) is 18.9. The average molecular weight is 276 g/mol. The second kappa shape index (κ2) is 6.01. The molecule has 21 heavy (non-hydrogen) atoms. The van der Waals surface area contributed by atoms with E-state index >= 15 is 0 Å². The molecule has 2 heteroatoms. The van der Waals surface area contributed by atoms with Gasteiger partial charge >= 0.3 is 0 Å². The molecule has 106 valence electrons. The van der Waals surface area contributed by atoms with E-state index in [9.17, 15) is 5.26 Å². The van der Waals surface area contributed by atoms with Crippen LogP contribution in [0, 0.1) is 11.3 Å². The minimum atomic E-state index is 0.562. The molecular weight excluding hydrogens is 256 g/mol. The first kappa shape index (κ1) is 13.7. The van der Waals surface area contributed by atoms with Gasteiger partial charge in [-0.1, -0.05) is 36.4 Å². The molecule has 2 nitrogen and oxygen atoms in total. The van der Waals surface area contributed by atoms with E-state index in [0.717, 1.165) is 17.8 Å². The van der Waals surface area contributed by atoms with Crippen molar-refractivity contribution in [1.29, 1.82) is 5.26 Å². The van der Waals surface area contributed by atoms with Crippen molar-refractivity contribution in [2.24, 2.45) is 0 Å². The van der Waals surface area contributed by atoms with E-state index in [1.807, 2.05) is 24.3 Å². The molecule has 0 aromatic heterocycles. The van der Waals surface area contributed by atoms with E-state index in [0.29, 0.717) is 5.92 Å². The molecule has 2 aromatic carbocycles. The van der Waals surface area contributed by atoms with Gasteiger partial charge in [0.25, 0.3) is 0 Å². The van der Waals surface area contributed by atoms with Crippen molar-refractivity contribution in [2.75, 3.05) is 18.5 Å². The number of nitriles is 1. The van der Waals surface area contributed by atoms with Gasteiger partial charge in [0.2, 0.25) is 0 Å². The number of fused-ring (bicyclic) bond motifs is 1. The molecule has 0 heterocycles. The molecule has 2 aromatic rings. The Labute approximate surface area is 126 Å². The minimum absolute atomic E-state index is 0.562. The van der Waals surface area contributed by atoms with Gasteiger partial charge in [-0.15, -0.1) is 0 Å². The number of aryl methyl sites for hydroxylation is 1. The third kappa shape index (κ3) is 2.78. The third-order valence-electron chi connectivity index (χ3n) is 4.42. The summed E-state index contributed by atoms with van der Waals surface area (Å²) in [4.78, 5) is 2.23. The first-order valence-electron chi connectivity index (χ1n) is 7.57. The summed E-state index contributed by atoms with van der Waals surface area (Å²) in [5, 5.41) is 9.25. The first-order chi connectivity index (χ1) is 10.3. The van der Waals surface area contributed by atoms with E-state index in [1.165, 1.54) is 30.4 Å². The maximum Gasteiger partial charge on any atom is 0.101 e. The Morgan fingerprint density at radius 2 is 1.90 bits per heavy atom. The number of para-hydroxylation sites is 1. The molecule has 1 aliphatic carbocycles. The van der Waals surface area contributed by atoms with Gasteiger partial charge in [-0.3, -0.25) is 0 Å². The van der Waals surface area contributed by atoms with Crippen LogP contribution in [0.2, 0.25) is 0 Å². The predicted octanol–water partition coefficient (Wildman–Crippen LogP) is 4.11. The van der Waals surface area contributed by atoms with E-state index in [2.05, 4.69) is 42.3 Å². The maximum absolute atomic E-state index is 9.25. The molecule has 0 fully saturated rings. The summed E-state index contributed by atoms with van der Waals surface area (Å²) in [7, 11) is 2.09. The molecule has 3 rings (SSSR count). The molecule has 0 spiro atoms. The molecule has 0 amide bonds. The number of nitrogens with zero attached hydrogens (tertiary/aromatic N) is 2. The fourth-order valence-electron chi connectivity index (χ4n) is 3.37. The Hall–Kier alpha value is -2.27. The Bertz CT molecular complexity index is 669. The molecule has 1 atom stereocenters. The molecule has 0 N–H and O–H groups in total. The predicted molar refractivity (Wildman–Crippen MR) is 86.5 cm³/mol. The monoisotopic (exact) mass is 276 g/mol. The number of benzene rings is 2. The number of hydrogen-bond donors (Lipinski definition) is 0. The van der Waals surface area contributed by atoms with Crippen molar-refractivity contribution in [3.05, 3.63) is 65.2 Å². The second-order valence-corrected chi connectivity index (χ2v) is 5.80. The lowest BCUT2D eigenvalue weighted by atomic mass is 9.82. The van der Waals surface area contributed by atoms with Gasteiger partial charge in [-0.25, -0.2) is 0 Å². The largest absolute Gasteiger partial charge is 0.373 e. The number of likely N-dealkylation sites (N-methyl/N-ethyl adjacent to an activating group) is 1. The van der Waals surface area contributed by atoms with Crippen LogP contribution in [0.1, 0.15) is 35.4 Å². The van der Waals surface area contributed by atoms with Crippen LogP contribution in [-0.2, 0) is 6.42 Å². The molecule has 1 aliphatic rings. The normalized spacial score (nSPS) is 16.9. The fourth-order valence-corrected chi connectivity index (χ4v) is 3.37. The molecular formula is C19H20N2. The average Bonchev–Trinajstić information content (AvgIpc) is 2.55. The van der Waals surface area contributed by atoms with E-state index in [-0.39, 0.29) is 0 Å². The quantitative estimate of drug-likeness (QED) is 0.843. The smallest absolute Gasteiger partial charge is 0.101 e. The summed E-state index contributed by atoms with van der Waals surface area (Å²) in [5.74, 6) is 0.562. The number of hydrogen-bond acceptors (Lipinski definition) is 2. The van der Waals surface area contributed by atoms with Crippen LogP contribution in [0.3, 0.4) is 0 Å². The topological polar surface area (TPSA) is 27.0 Å². The maximum atomic E-state index is 9.25. The molecule has 0 aliphatic heterocycles. The molecule has 1 unspecified atom stereocenters. The van der Waals surface area contributed by atoms with Crippen LogP contribution in [0.15, 0.2) is 48.5 Å². The Kier molecular flexibility index (Phi) is 3.92. The lowest BCUT2D eigenvalue weighted by molar-refractivity contribution is 0.550. The summed E-state index contributed by atoms with van der Waals surface area (Å²) in [5.41, 5.74) is 4.77. The standard InChI is InChI=1S/C19H20N2/c1-21(19-12-5-3-8-16(19)13-20)14-17-10-6-9-15-7-2-4-11-18(15)17/h2-5,7-8,11-12,17H,6,9-10,14H2,1H3. The van der Waals surface area contributed by atoms with Crippen LogP contribution in [0.5, 0.6) is 0 Å². The van der Waals surface area contributed by atoms with Crippen LogP contribution < -0.4 is 4.90 Å². The van der Waals surface area contributed by atoms with Gasteiger partial charge in [-0.05, 0) is 42.5 Å². The Morgan fingerprint density at radius 1 is 1.14 bits per heavy atom. The highest BCUT2D eigenvalue weighted by Crippen LogP contribution is 2.33. The van der Waals surface area contributed by atoms with Crippen molar-refractivity contribution in [3.63, 3.8) is 0 Å². The zero-order valence-electron chi connectivity index (χ0n) is 12.4. The van der Waals surface area contributed by atoms with Crippen molar-refractivity contribution < 1.29 is 0 Å². The number of rotatable bonds is 3. The van der Waals surface area contributed by atoms with Crippen molar-refractivity contribution in [3.8, 4) is 6.07 Å². The molecule has 0 saturated carbocycles. The minimum Gasteiger partial charge on any atom is -0.373 e. The zero-order valence-corrected chi connectivity index (χ0v) is 12.4. The lowest BCUT2D eigenvalue weighted by Gasteiger charge is -2.30. The van der Waals surface area contributed by atoms with E-state index in [1.54, 1.807) is 0 Å². The Balaban J connectivity index is 1.83. The van der Waals surface area contributed by atoms with E-state index in [4.69, 9.17) is 0 Å². The van der Waals surface area contributed by atoms with Gasteiger partial charge in [0.15, 0.2) is 0 Å². The summed E-state index contributed by atoms with van der Waals surface area (Å²) >= 11 is 0. The van der Waals surface area contributed by atoms with Gasteiger partial charge in [0.05, 0.1) is 11.3 Å². The highest BCUT2D eigenvalue weighted by atomic mass is 15.1. The Morgan fingerprint density at radius 3 is 2.76 bits per heavy atom. The van der Waals surface area contributed by atoms with Crippen molar-refractivity contribution in [1.82, 2.24) is 0 Å². The fraction of sp³-hybridized carbons (Fsp3) is 0.316.